The normalized spacial score (nSPS) is 16.0. The molecule has 0 amide bonds. The maximum Gasteiger partial charge on any atom is 0.191 e. The predicted octanol–water partition coefficient (Wildman–Crippen LogP) is 4.91. The van der Waals surface area contributed by atoms with E-state index in [2.05, 4.69) is 28.6 Å². The third-order valence-electron chi connectivity index (χ3n) is 6.08. The minimum absolute atomic E-state index is 0. The average molecular weight is 537 g/mol. The van der Waals surface area contributed by atoms with E-state index in [0.717, 1.165) is 40.7 Å². The van der Waals surface area contributed by atoms with Crippen molar-refractivity contribution in [3.8, 4) is 0 Å². The Morgan fingerprint density at radius 3 is 2.45 bits per heavy atom. The molecule has 1 aliphatic rings. The van der Waals surface area contributed by atoms with Gasteiger partial charge < -0.3 is 19.8 Å². The molecule has 0 aliphatic carbocycles. The van der Waals surface area contributed by atoms with Gasteiger partial charge in [0.15, 0.2) is 5.96 Å². The Hall–Kier alpha value is -2.13. The van der Waals surface area contributed by atoms with Crippen LogP contribution in [0.15, 0.2) is 57.9 Å². The lowest BCUT2D eigenvalue weighted by atomic mass is 9.74. The van der Waals surface area contributed by atoms with Crippen LogP contribution in [0, 0.1) is 12.7 Å². The van der Waals surface area contributed by atoms with Crippen molar-refractivity contribution in [2.24, 2.45) is 4.99 Å². The summed E-state index contributed by atoms with van der Waals surface area (Å²) in [5, 5.41) is 7.96. The molecular formula is C24H29FIN3O2. The molecule has 3 aromatic rings. The minimum Gasteiger partial charge on any atom is -0.459 e. The monoisotopic (exact) mass is 537 g/mol. The van der Waals surface area contributed by atoms with Crippen molar-refractivity contribution < 1.29 is 13.5 Å². The smallest absolute Gasteiger partial charge is 0.191 e. The van der Waals surface area contributed by atoms with Gasteiger partial charge in [-0.2, -0.15) is 0 Å². The minimum atomic E-state index is -0.215. The van der Waals surface area contributed by atoms with Crippen LogP contribution in [-0.2, 0) is 16.7 Å². The van der Waals surface area contributed by atoms with Gasteiger partial charge in [-0.05, 0) is 43.5 Å². The van der Waals surface area contributed by atoms with Gasteiger partial charge in [0, 0.05) is 43.2 Å². The van der Waals surface area contributed by atoms with Crippen LogP contribution in [-0.4, -0.2) is 32.8 Å². The van der Waals surface area contributed by atoms with Gasteiger partial charge in [-0.1, -0.05) is 30.3 Å². The Morgan fingerprint density at radius 2 is 1.77 bits per heavy atom. The first-order chi connectivity index (χ1) is 14.6. The lowest BCUT2D eigenvalue weighted by Gasteiger charge is -2.38. The Balaban J connectivity index is 0.00000272. The van der Waals surface area contributed by atoms with E-state index < -0.39 is 0 Å². The molecule has 5 nitrogen and oxygen atoms in total. The second kappa shape index (κ2) is 10.5. The number of hydrogen-bond donors (Lipinski definition) is 2. The summed E-state index contributed by atoms with van der Waals surface area (Å²) in [4.78, 5) is 4.37. The first kappa shape index (κ1) is 23.5. The van der Waals surface area contributed by atoms with Crippen LogP contribution >= 0.6 is 24.0 Å². The molecule has 0 saturated carbocycles. The summed E-state index contributed by atoms with van der Waals surface area (Å²) in [5.74, 6) is 1.40. The number of aryl methyl sites for hydroxylation is 1. The molecule has 4 rings (SSSR count). The Morgan fingerprint density at radius 1 is 1.06 bits per heavy atom. The summed E-state index contributed by atoms with van der Waals surface area (Å²) in [6.45, 7) is 4.71. The molecule has 31 heavy (non-hydrogen) atoms. The van der Waals surface area contributed by atoms with Crippen LogP contribution in [0.1, 0.15) is 29.7 Å². The zero-order valence-corrected chi connectivity index (χ0v) is 20.2. The van der Waals surface area contributed by atoms with E-state index >= 15 is 0 Å². The number of nitrogens with one attached hydrogen (secondary N) is 2. The van der Waals surface area contributed by atoms with Gasteiger partial charge in [0.05, 0.1) is 6.54 Å². The quantitative estimate of drug-likeness (QED) is 0.276. The third-order valence-corrected chi connectivity index (χ3v) is 6.08. The van der Waals surface area contributed by atoms with Crippen LogP contribution in [0.2, 0.25) is 0 Å². The fourth-order valence-corrected chi connectivity index (χ4v) is 4.16. The van der Waals surface area contributed by atoms with Gasteiger partial charge in [0.1, 0.15) is 17.2 Å². The van der Waals surface area contributed by atoms with E-state index in [1.54, 1.807) is 7.05 Å². The topological polar surface area (TPSA) is 58.8 Å². The van der Waals surface area contributed by atoms with E-state index in [4.69, 9.17) is 9.15 Å². The first-order valence-corrected chi connectivity index (χ1v) is 10.4. The highest BCUT2D eigenvalue weighted by atomic mass is 127. The number of benzene rings is 2. The number of fused-ring (bicyclic) bond motifs is 1. The van der Waals surface area contributed by atoms with E-state index in [-0.39, 0.29) is 35.2 Å². The third kappa shape index (κ3) is 5.20. The van der Waals surface area contributed by atoms with Crippen LogP contribution in [0.25, 0.3) is 11.0 Å². The molecule has 166 valence electrons. The number of rotatable bonds is 5. The van der Waals surface area contributed by atoms with Gasteiger partial charge in [-0.25, -0.2) is 4.39 Å². The molecule has 0 radical (unpaired) electrons. The predicted molar refractivity (Wildman–Crippen MR) is 133 cm³/mol. The molecule has 0 atom stereocenters. The standard InChI is InChI=1S/C24H28FN3O2.HI/c1-17-20-5-3-4-6-21(20)30-22(17)15-27-23(26-2)28-16-24(11-13-29-14-12-24)18-7-9-19(25)10-8-18;/h3-10H,11-16H2,1-2H3,(H2,26,27,28);1H. The summed E-state index contributed by atoms with van der Waals surface area (Å²) < 4.78 is 25.0. The average Bonchev–Trinajstić information content (AvgIpc) is 3.11. The first-order valence-electron chi connectivity index (χ1n) is 10.4. The Bertz CT molecular complexity index is 1030. The van der Waals surface area contributed by atoms with E-state index in [1.807, 2.05) is 30.3 Å². The fourth-order valence-electron chi connectivity index (χ4n) is 4.16. The maximum atomic E-state index is 13.4. The van der Waals surface area contributed by atoms with Crippen molar-refractivity contribution in [3.05, 3.63) is 71.2 Å². The zero-order chi connectivity index (χ0) is 21.0. The molecular weight excluding hydrogens is 508 g/mol. The molecule has 0 unspecified atom stereocenters. The van der Waals surface area contributed by atoms with Gasteiger partial charge >= 0.3 is 0 Å². The van der Waals surface area contributed by atoms with Crippen LogP contribution in [0.3, 0.4) is 0 Å². The maximum absolute atomic E-state index is 13.4. The highest BCUT2D eigenvalue weighted by Gasteiger charge is 2.34. The van der Waals surface area contributed by atoms with Crippen molar-refractivity contribution in [1.29, 1.82) is 0 Å². The van der Waals surface area contributed by atoms with E-state index in [0.29, 0.717) is 32.3 Å². The number of halogens is 2. The summed E-state index contributed by atoms with van der Waals surface area (Å²) in [6.07, 6.45) is 1.76. The van der Waals surface area contributed by atoms with Crippen LogP contribution in [0.5, 0.6) is 0 Å². The van der Waals surface area contributed by atoms with Crippen molar-refractivity contribution in [2.45, 2.75) is 31.7 Å². The summed E-state index contributed by atoms with van der Waals surface area (Å²) in [7, 11) is 1.76. The Kier molecular flexibility index (Phi) is 7.94. The summed E-state index contributed by atoms with van der Waals surface area (Å²) >= 11 is 0. The molecule has 1 fully saturated rings. The second-order valence-corrected chi connectivity index (χ2v) is 7.83. The number of aliphatic imine (C=N–C) groups is 1. The van der Waals surface area contributed by atoms with Crippen LogP contribution < -0.4 is 10.6 Å². The molecule has 1 saturated heterocycles. The fraction of sp³-hybridized carbons (Fsp3) is 0.375. The molecule has 1 aliphatic heterocycles. The number of furan rings is 1. The zero-order valence-electron chi connectivity index (χ0n) is 17.9. The van der Waals surface area contributed by atoms with Crippen molar-refractivity contribution in [3.63, 3.8) is 0 Å². The number of guanidine groups is 1. The SMILES string of the molecule is CN=C(NCc1oc2ccccc2c1C)NCC1(c2ccc(F)cc2)CCOCC1.I. The van der Waals surface area contributed by atoms with Crippen molar-refractivity contribution in [2.75, 3.05) is 26.8 Å². The number of hydrogen-bond acceptors (Lipinski definition) is 3. The molecule has 7 heteroatoms. The number of ether oxygens (including phenoxy) is 1. The molecule has 2 aromatic carbocycles. The van der Waals surface area contributed by atoms with Crippen LogP contribution in [0.4, 0.5) is 4.39 Å². The van der Waals surface area contributed by atoms with Gasteiger partial charge in [-0.3, -0.25) is 4.99 Å². The Labute approximate surface area is 199 Å². The lowest BCUT2D eigenvalue weighted by molar-refractivity contribution is 0.0513. The highest BCUT2D eigenvalue weighted by molar-refractivity contribution is 14.0. The summed E-state index contributed by atoms with van der Waals surface area (Å²) in [6, 6.07) is 14.9. The largest absolute Gasteiger partial charge is 0.459 e. The summed E-state index contributed by atoms with van der Waals surface area (Å²) in [5.41, 5.74) is 3.05. The van der Waals surface area contributed by atoms with Gasteiger partial charge in [-0.15, -0.1) is 24.0 Å². The molecule has 2 N–H and O–H groups in total. The second-order valence-electron chi connectivity index (χ2n) is 7.83. The van der Waals surface area contributed by atoms with Gasteiger partial charge in [0.2, 0.25) is 0 Å². The molecule has 0 bridgehead atoms. The van der Waals surface area contributed by atoms with E-state index in [1.165, 1.54) is 12.1 Å². The molecule has 2 heterocycles. The van der Waals surface area contributed by atoms with Crippen molar-refractivity contribution in [1.82, 2.24) is 10.6 Å². The number of nitrogens with zero attached hydrogens (tertiary/aromatic N) is 1. The van der Waals surface area contributed by atoms with Gasteiger partial charge in [0.25, 0.3) is 0 Å². The lowest BCUT2D eigenvalue weighted by Crippen LogP contribution is -2.47. The molecule has 1 aromatic heterocycles. The highest BCUT2D eigenvalue weighted by Crippen LogP contribution is 2.34. The van der Waals surface area contributed by atoms with Crippen molar-refractivity contribution >= 4 is 40.9 Å². The van der Waals surface area contributed by atoms with E-state index in [9.17, 15) is 4.39 Å². The molecule has 0 spiro atoms. The number of para-hydroxylation sites is 1.